The van der Waals surface area contributed by atoms with Gasteiger partial charge in [-0.1, -0.05) is 30.3 Å². The molecule has 4 nitrogen and oxygen atoms in total. The smallest absolute Gasteiger partial charge is 0.324 e. The van der Waals surface area contributed by atoms with Crippen molar-refractivity contribution in [1.29, 1.82) is 0 Å². The zero-order chi connectivity index (χ0) is 13.8. The number of aliphatic carboxylic acids is 1. The van der Waals surface area contributed by atoms with Gasteiger partial charge in [-0.15, -0.1) is 0 Å². The Balaban J connectivity index is 3.07. The summed E-state index contributed by atoms with van der Waals surface area (Å²) >= 11 is 1.41. The van der Waals surface area contributed by atoms with Gasteiger partial charge >= 0.3 is 5.97 Å². The molecule has 0 aromatic heterocycles. The van der Waals surface area contributed by atoms with Crippen molar-refractivity contribution in [1.82, 2.24) is 0 Å². The van der Waals surface area contributed by atoms with E-state index in [0.29, 0.717) is 11.3 Å². The van der Waals surface area contributed by atoms with Gasteiger partial charge in [-0.05, 0) is 13.2 Å². The van der Waals surface area contributed by atoms with E-state index in [1.54, 1.807) is 30.3 Å². The zero-order valence-electron chi connectivity index (χ0n) is 10.4. The van der Waals surface area contributed by atoms with Gasteiger partial charge in [0.05, 0.1) is 5.92 Å². The average molecular weight is 267 g/mol. The van der Waals surface area contributed by atoms with Crippen molar-refractivity contribution in [2.24, 2.45) is 11.7 Å². The molecular formula is C13H17NO3S. The quantitative estimate of drug-likeness (QED) is 0.766. The van der Waals surface area contributed by atoms with Crippen LogP contribution in [0.4, 0.5) is 0 Å². The van der Waals surface area contributed by atoms with Crippen molar-refractivity contribution in [2.45, 2.75) is 12.5 Å². The lowest BCUT2D eigenvalue weighted by Crippen LogP contribution is -2.55. The molecule has 3 N–H and O–H groups in total. The molecule has 0 bridgehead atoms. The number of thioether (sulfide) groups is 1. The standard InChI is InChI=1S/C13H17NO3S/c1-13(14,12(16)17)10(8-18-2)11(15)9-6-4-3-5-7-9/h3-7,10H,8,14H2,1-2H3,(H,16,17). The Hall–Kier alpha value is -1.33. The van der Waals surface area contributed by atoms with E-state index in [0.717, 1.165) is 0 Å². The molecule has 0 aliphatic carbocycles. The molecule has 0 radical (unpaired) electrons. The summed E-state index contributed by atoms with van der Waals surface area (Å²) in [7, 11) is 0. The minimum Gasteiger partial charge on any atom is -0.480 e. The Morgan fingerprint density at radius 2 is 1.94 bits per heavy atom. The highest BCUT2D eigenvalue weighted by atomic mass is 32.2. The molecule has 0 saturated heterocycles. The van der Waals surface area contributed by atoms with Gasteiger partial charge in [0.15, 0.2) is 5.78 Å². The summed E-state index contributed by atoms with van der Waals surface area (Å²) in [6.07, 6.45) is 1.82. The Morgan fingerprint density at radius 1 is 1.39 bits per heavy atom. The maximum atomic E-state index is 12.3. The first-order chi connectivity index (χ1) is 8.41. The third kappa shape index (κ3) is 3.11. The monoisotopic (exact) mass is 267 g/mol. The first kappa shape index (κ1) is 14.7. The van der Waals surface area contributed by atoms with Gasteiger partial charge in [-0.3, -0.25) is 9.59 Å². The summed E-state index contributed by atoms with van der Waals surface area (Å²) in [6.45, 7) is 1.39. The van der Waals surface area contributed by atoms with Gasteiger partial charge in [-0.2, -0.15) is 11.8 Å². The lowest BCUT2D eigenvalue weighted by Gasteiger charge is -2.28. The molecule has 5 heteroatoms. The maximum Gasteiger partial charge on any atom is 0.324 e. The Kier molecular flexibility index (Phi) is 4.93. The van der Waals surface area contributed by atoms with Gasteiger partial charge in [0.2, 0.25) is 0 Å². The third-order valence-electron chi connectivity index (χ3n) is 2.89. The molecule has 18 heavy (non-hydrogen) atoms. The molecule has 1 rings (SSSR count). The van der Waals surface area contributed by atoms with Crippen LogP contribution < -0.4 is 5.73 Å². The van der Waals surface area contributed by atoms with Crippen LogP contribution in [0.5, 0.6) is 0 Å². The number of hydrogen-bond acceptors (Lipinski definition) is 4. The van der Waals surface area contributed by atoms with Crippen LogP contribution in [-0.4, -0.2) is 34.4 Å². The van der Waals surface area contributed by atoms with Crippen LogP contribution in [-0.2, 0) is 4.79 Å². The van der Waals surface area contributed by atoms with Crippen LogP contribution in [0.3, 0.4) is 0 Å². The van der Waals surface area contributed by atoms with Gasteiger partial charge in [-0.25, -0.2) is 0 Å². The normalized spacial score (nSPS) is 15.7. The van der Waals surface area contributed by atoms with Crippen LogP contribution in [0.1, 0.15) is 17.3 Å². The van der Waals surface area contributed by atoms with E-state index in [1.807, 2.05) is 6.26 Å². The number of carboxylic acids is 1. The van der Waals surface area contributed by atoms with Crippen LogP contribution in [0, 0.1) is 5.92 Å². The van der Waals surface area contributed by atoms with E-state index in [4.69, 9.17) is 10.8 Å². The van der Waals surface area contributed by atoms with Gasteiger partial charge in [0.25, 0.3) is 0 Å². The van der Waals surface area contributed by atoms with Gasteiger partial charge in [0.1, 0.15) is 5.54 Å². The SMILES string of the molecule is CSCC(C(=O)c1ccccc1)C(C)(N)C(=O)O. The Labute approximate surface area is 111 Å². The van der Waals surface area contributed by atoms with Crippen LogP contribution in [0.25, 0.3) is 0 Å². The molecule has 98 valence electrons. The largest absolute Gasteiger partial charge is 0.480 e. The minimum absolute atomic E-state index is 0.225. The molecule has 0 aliphatic rings. The highest BCUT2D eigenvalue weighted by Gasteiger charge is 2.41. The van der Waals surface area contributed by atoms with Crippen molar-refractivity contribution in [3.8, 4) is 0 Å². The van der Waals surface area contributed by atoms with Crippen molar-refractivity contribution >= 4 is 23.5 Å². The Morgan fingerprint density at radius 3 is 2.39 bits per heavy atom. The third-order valence-corrected chi connectivity index (χ3v) is 3.56. The second kappa shape index (κ2) is 6.02. The van der Waals surface area contributed by atoms with Crippen LogP contribution >= 0.6 is 11.8 Å². The van der Waals surface area contributed by atoms with Gasteiger partial charge in [0, 0.05) is 11.3 Å². The van der Waals surface area contributed by atoms with Crippen LogP contribution in [0.2, 0.25) is 0 Å². The Bertz CT molecular complexity index is 431. The molecule has 0 aliphatic heterocycles. The maximum absolute atomic E-state index is 12.3. The molecule has 0 heterocycles. The highest BCUT2D eigenvalue weighted by Crippen LogP contribution is 2.23. The average Bonchev–Trinajstić information content (AvgIpc) is 2.35. The van der Waals surface area contributed by atoms with E-state index < -0.39 is 17.4 Å². The first-order valence-corrected chi connectivity index (χ1v) is 6.91. The number of ketones is 1. The fourth-order valence-corrected chi connectivity index (χ4v) is 2.47. The molecule has 0 amide bonds. The predicted molar refractivity (Wildman–Crippen MR) is 72.9 cm³/mol. The van der Waals surface area contributed by atoms with E-state index in [-0.39, 0.29) is 5.78 Å². The second-order valence-electron chi connectivity index (χ2n) is 4.33. The predicted octanol–water partition coefficient (Wildman–Crippen LogP) is 1.65. The summed E-state index contributed by atoms with van der Waals surface area (Å²) in [4.78, 5) is 23.5. The van der Waals surface area contributed by atoms with E-state index >= 15 is 0 Å². The molecular weight excluding hydrogens is 250 g/mol. The van der Waals surface area contributed by atoms with Crippen LogP contribution in [0.15, 0.2) is 30.3 Å². The molecule has 0 saturated carbocycles. The lowest BCUT2D eigenvalue weighted by molar-refractivity contribution is -0.143. The fraction of sp³-hybridized carbons (Fsp3) is 0.385. The summed E-state index contributed by atoms with van der Waals surface area (Å²) in [6, 6.07) is 8.65. The van der Waals surface area contributed by atoms with Crippen molar-refractivity contribution < 1.29 is 14.7 Å². The van der Waals surface area contributed by atoms with E-state index in [2.05, 4.69) is 0 Å². The summed E-state index contributed by atoms with van der Waals surface area (Å²) < 4.78 is 0. The number of benzene rings is 1. The van der Waals surface area contributed by atoms with E-state index in [9.17, 15) is 9.59 Å². The number of hydrogen-bond donors (Lipinski definition) is 2. The summed E-state index contributed by atoms with van der Waals surface area (Å²) in [5, 5.41) is 9.15. The number of carbonyl (C=O) groups is 2. The van der Waals surface area contributed by atoms with Gasteiger partial charge < -0.3 is 10.8 Å². The summed E-state index contributed by atoms with van der Waals surface area (Å²) in [5.74, 6) is -1.75. The fourth-order valence-electron chi connectivity index (χ4n) is 1.64. The number of carboxylic acid groups (broad SMARTS) is 1. The zero-order valence-corrected chi connectivity index (χ0v) is 11.2. The molecule has 2 unspecified atom stereocenters. The topological polar surface area (TPSA) is 80.4 Å². The highest BCUT2D eigenvalue weighted by molar-refractivity contribution is 7.98. The second-order valence-corrected chi connectivity index (χ2v) is 5.24. The molecule has 0 fully saturated rings. The van der Waals surface area contributed by atoms with E-state index in [1.165, 1.54) is 18.7 Å². The number of nitrogens with two attached hydrogens (primary N) is 1. The molecule has 2 atom stereocenters. The lowest BCUT2D eigenvalue weighted by atomic mass is 9.82. The number of Topliss-reactive ketones (excluding diaryl/α,β-unsaturated/α-hetero) is 1. The first-order valence-electron chi connectivity index (χ1n) is 5.51. The minimum atomic E-state index is -1.56. The molecule has 1 aromatic carbocycles. The summed E-state index contributed by atoms with van der Waals surface area (Å²) in [5.41, 5.74) is 4.73. The molecule has 0 spiro atoms. The number of carbonyl (C=O) groups excluding carboxylic acids is 1. The molecule has 1 aromatic rings. The van der Waals surface area contributed by atoms with Crippen molar-refractivity contribution in [3.63, 3.8) is 0 Å². The number of rotatable bonds is 6. The van der Waals surface area contributed by atoms with Crippen molar-refractivity contribution in [2.75, 3.05) is 12.0 Å². The van der Waals surface area contributed by atoms with Crippen molar-refractivity contribution in [3.05, 3.63) is 35.9 Å².